The Balaban J connectivity index is 3.61. The van der Waals surface area contributed by atoms with E-state index in [1.165, 1.54) is 6.08 Å². The molecule has 0 atom stereocenters. The van der Waals surface area contributed by atoms with Gasteiger partial charge in [0.05, 0.1) is 6.54 Å². The van der Waals surface area contributed by atoms with E-state index in [1.54, 1.807) is 0 Å². The summed E-state index contributed by atoms with van der Waals surface area (Å²) in [6.07, 6.45) is 2.49. The molecule has 0 unspecified atom stereocenters. The lowest BCUT2D eigenvalue weighted by Gasteiger charge is -2.20. The summed E-state index contributed by atoms with van der Waals surface area (Å²) in [5, 5.41) is 13.9. The zero-order valence-electron chi connectivity index (χ0n) is 9.33. The largest absolute Gasteiger partial charge is 0.478 e. The van der Waals surface area contributed by atoms with Crippen LogP contribution in [0.1, 0.15) is 20.8 Å². The van der Waals surface area contributed by atoms with Gasteiger partial charge in [-0.05, 0) is 20.8 Å². The van der Waals surface area contributed by atoms with Gasteiger partial charge in [0.15, 0.2) is 0 Å². The standard InChI is InChI=1S/C10H18N2O3/c1-10(2,3)12-8(13)7-11-6-4-5-9(14)15/h4-5,11H,6-7H2,1-3H3,(H,12,13)(H,14,15)/b5-4+. The number of carboxylic acid groups (broad SMARTS) is 1. The third kappa shape index (κ3) is 10.6. The van der Waals surface area contributed by atoms with Gasteiger partial charge in [0.1, 0.15) is 0 Å². The van der Waals surface area contributed by atoms with Gasteiger partial charge in [-0.15, -0.1) is 0 Å². The summed E-state index contributed by atoms with van der Waals surface area (Å²) in [5.41, 5.74) is -0.240. The van der Waals surface area contributed by atoms with E-state index in [1.807, 2.05) is 20.8 Å². The number of carboxylic acids is 1. The molecule has 0 aliphatic carbocycles. The molecule has 0 aliphatic heterocycles. The van der Waals surface area contributed by atoms with Crippen molar-refractivity contribution in [1.29, 1.82) is 0 Å². The van der Waals surface area contributed by atoms with Crippen molar-refractivity contribution in [2.45, 2.75) is 26.3 Å². The van der Waals surface area contributed by atoms with Crippen LogP contribution < -0.4 is 10.6 Å². The maximum absolute atomic E-state index is 11.2. The van der Waals surface area contributed by atoms with Crippen molar-refractivity contribution in [3.8, 4) is 0 Å². The molecule has 0 radical (unpaired) electrons. The first-order valence-electron chi connectivity index (χ1n) is 4.72. The minimum Gasteiger partial charge on any atom is -0.478 e. The molecule has 3 N–H and O–H groups in total. The van der Waals surface area contributed by atoms with E-state index < -0.39 is 5.97 Å². The Morgan fingerprint density at radius 2 is 1.93 bits per heavy atom. The Hall–Kier alpha value is -1.36. The van der Waals surface area contributed by atoms with Crippen LogP contribution in [0.3, 0.4) is 0 Å². The van der Waals surface area contributed by atoms with Gasteiger partial charge in [0.25, 0.3) is 0 Å². The van der Waals surface area contributed by atoms with Crippen LogP contribution in [0, 0.1) is 0 Å². The summed E-state index contributed by atoms with van der Waals surface area (Å²) in [7, 11) is 0. The predicted octanol–water partition coefficient (Wildman–Crippen LogP) is 0.132. The van der Waals surface area contributed by atoms with Crippen LogP contribution in [0.15, 0.2) is 12.2 Å². The molecule has 0 saturated carbocycles. The highest BCUT2D eigenvalue weighted by Gasteiger charge is 2.12. The normalized spacial score (nSPS) is 11.7. The van der Waals surface area contributed by atoms with Crippen molar-refractivity contribution in [2.75, 3.05) is 13.1 Å². The Kier molecular flexibility index (Phi) is 5.62. The highest BCUT2D eigenvalue weighted by molar-refractivity contribution is 5.80. The van der Waals surface area contributed by atoms with Crippen LogP contribution in [0.4, 0.5) is 0 Å². The topological polar surface area (TPSA) is 78.4 Å². The van der Waals surface area contributed by atoms with Crippen LogP contribution in [-0.2, 0) is 9.59 Å². The average Bonchev–Trinajstić information content (AvgIpc) is 1.99. The van der Waals surface area contributed by atoms with Crippen molar-refractivity contribution in [2.24, 2.45) is 0 Å². The third-order valence-electron chi connectivity index (χ3n) is 1.32. The second kappa shape index (κ2) is 6.19. The summed E-state index contributed by atoms with van der Waals surface area (Å²) in [6, 6.07) is 0. The zero-order chi connectivity index (χ0) is 11.9. The number of nitrogens with one attached hydrogen (secondary N) is 2. The number of carbonyl (C=O) groups excluding carboxylic acids is 1. The molecule has 0 aromatic carbocycles. The molecule has 86 valence electrons. The Labute approximate surface area is 89.6 Å². The molecule has 0 heterocycles. The molecule has 0 aromatic rings. The quantitative estimate of drug-likeness (QED) is 0.449. The van der Waals surface area contributed by atoms with Crippen molar-refractivity contribution in [3.63, 3.8) is 0 Å². The lowest BCUT2D eigenvalue weighted by Crippen LogP contribution is -2.44. The van der Waals surface area contributed by atoms with E-state index in [-0.39, 0.29) is 18.0 Å². The second-order valence-corrected chi connectivity index (χ2v) is 4.17. The fourth-order valence-corrected chi connectivity index (χ4v) is 0.891. The van der Waals surface area contributed by atoms with E-state index in [2.05, 4.69) is 10.6 Å². The van der Waals surface area contributed by atoms with E-state index in [0.29, 0.717) is 6.54 Å². The molecular weight excluding hydrogens is 196 g/mol. The maximum atomic E-state index is 11.2. The molecule has 0 aromatic heterocycles. The molecule has 0 spiro atoms. The number of hydrogen-bond acceptors (Lipinski definition) is 3. The number of aliphatic carboxylic acids is 1. The van der Waals surface area contributed by atoms with Gasteiger partial charge in [0.2, 0.25) is 5.91 Å². The van der Waals surface area contributed by atoms with E-state index >= 15 is 0 Å². The monoisotopic (exact) mass is 214 g/mol. The van der Waals surface area contributed by atoms with Crippen LogP contribution in [-0.4, -0.2) is 35.6 Å². The molecule has 0 rings (SSSR count). The first-order valence-corrected chi connectivity index (χ1v) is 4.72. The number of hydrogen-bond donors (Lipinski definition) is 3. The first kappa shape index (κ1) is 13.6. The fourth-order valence-electron chi connectivity index (χ4n) is 0.891. The molecule has 0 bridgehead atoms. The molecule has 5 heteroatoms. The second-order valence-electron chi connectivity index (χ2n) is 4.17. The SMILES string of the molecule is CC(C)(C)NC(=O)CNC/C=C/C(=O)O. The third-order valence-corrected chi connectivity index (χ3v) is 1.32. The molecule has 0 fully saturated rings. The minimum absolute atomic E-state index is 0.105. The van der Waals surface area contributed by atoms with Crippen LogP contribution >= 0.6 is 0 Å². The van der Waals surface area contributed by atoms with Crippen LogP contribution in [0.2, 0.25) is 0 Å². The van der Waals surface area contributed by atoms with Gasteiger partial charge in [-0.25, -0.2) is 4.79 Å². The summed E-state index contributed by atoms with van der Waals surface area (Å²) >= 11 is 0. The Morgan fingerprint density at radius 3 is 2.40 bits per heavy atom. The summed E-state index contributed by atoms with van der Waals surface area (Å²) < 4.78 is 0. The zero-order valence-corrected chi connectivity index (χ0v) is 9.33. The highest BCUT2D eigenvalue weighted by Crippen LogP contribution is 1.96. The smallest absolute Gasteiger partial charge is 0.328 e. The van der Waals surface area contributed by atoms with Crippen LogP contribution in [0.25, 0.3) is 0 Å². The first-order chi connectivity index (χ1) is 6.81. The summed E-state index contributed by atoms with van der Waals surface area (Å²) in [4.78, 5) is 21.3. The summed E-state index contributed by atoms with van der Waals surface area (Å²) in [6.45, 7) is 6.24. The van der Waals surface area contributed by atoms with Gasteiger partial charge in [-0.3, -0.25) is 4.79 Å². The van der Waals surface area contributed by atoms with Gasteiger partial charge in [-0.1, -0.05) is 6.08 Å². The lowest BCUT2D eigenvalue weighted by molar-refractivity contribution is -0.131. The summed E-state index contributed by atoms with van der Waals surface area (Å²) in [5.74, 6) is -1.10. The van der Waals surface area contributed by atoms with Gasteiger partial charge in [-0.2, -0.15) is 0 Å². The van der Waals surface area contributed by atoms with Gasteiger partial charge < -0.3 is 15.7 Å². The molecule has 0 aliphatic rings. The highest BCUT2D eigenvalue weighted by atomic mass is 16.4. The molecule has 0 saturated heterocycles. The molecular formula is C10H18N2O3. The number of rotatable bonds is 5. The molecule has 5 nitrogen and oxygen atoms in total. The van der Waals surface area contributed by atoms with Crippen LogP contribution in [0.5, 0.6) is 0 Å². The maximum Gasteiger partial charge on any atom is 0.328 e. The average molecular weight is 214 g/mol. The van der Waals surface area contributed by atoms with Gasteiger partial charge >= 0.3 is 5.97 Å². The van der Waals surface area contributed by atoms with Crippen molar-refractivity contribution in [1.82, 2.24) is 10.6 Å². The van der Waals surface area contributed by atoms with E-state index in [0.717, 1.165) is 6.08 Å². The van der Waals surface area contributed by atoms with Crippen molar-refractivity contribution >= 4 is 11.9 Å². The Morgan fingerprint density at radius 1 is 1.33 bits per heavy atom. The fraction of sp³-hybridized carbons (Fsp3) is 0.600. The number of amides is 1. The van der Waals surface area contributed by atoms with E-state index in [9.17, 15) is 9.59 Å². The number of carbonyl (C=O) groups is 2. The van der Waals surface area contributed by atoms with Crippen molar-refractivity contribution in [3.05, 3.63) is 12.2 Å². The predicted molar refractivity (Wildman–Crippen MR) is 57.5 cm³/mol. The van der Waals surface area contributed by atoms with E-state index in [4.69, 9.17) is 5.11 Å². The lowest BCUT2D eigenvalue weighted by atomic mass is 10.1. The minimum atomic E-state index is -0.990. The van der Waals surface area contributed by atoms with Gasteiger partial charge in [0, 0.05) is 18.2 Å². The van der Waals surface area contributed by atoms with Crippen molar-refractivity contribution < 1.29 is 14.7 Å². The Bertz CT molecular complexity index is 254. The molecule has 1 amide bonds. The molecule has 15 heavy (non-hydrogen) atoms.